The Hall–Kier alpha value is -1.96. The van der Waals surface area contributed by atoms with Gasteiger partial charge in [0.2, 0.25) is 0 Å². The molecule has 4 aromatic rings. The van der Waals surface area contributed by atoms with Gasteiger partial charge in [0.25, 0.3) is 0 Å². The van der Waals surface area contributed by atoms with E-state index in [1.165, 1.54) is 89.0 Å². The van der Waals surface area contributed by atoms with E-state index in [-0.39, 0.29) is 18.1 Å². The fourth-order valence-electron chi connectivity index (χ4n) is 11.2. The molecule has 0 saturated heterocycles. The van der Waals surface area contributed by atoms with Crippen LogP contribution in [0.5, 0.6) is 0 Å². The molecule has 0 heterocycles. The van der Waals surface area contributed by atoms with E-state index in [9.17, 15) is 17.0 Å². The van der Waals surface area contributed by atoms with Crippen LogP contribution in [0, 0.1) is 0 Å². The zero-order valence-corrected chi connectivity index (χ0v) is 48.6. The van der Waals surface area contributed by atoms with Gasteiger partial charge >= 0.3 is 405 Å². The van der Waals surface area contributed by atoms with Crippen LogP contribution in [0.25, 0.3) is 34.4 Å². The predicted molar refractivity (Wildman–Crippen MR) is 289 cm³/mol. The normalized spacial score (nSPS) is 17.4. The molecule has 0 fully saturated rings. The second-order valence-electron chi connectivity index (χ2n) is 23.8. The molecule has 0 aliphatic heterocycles. The summed E-state index contributed by atoms with van der Waals surface area (Å²) in [5.41, 5.74) is 22.5. The van der Waals surface area contributed by atoms with Gasteiger partial charge in [0, 0.05) is 0 Å². The quantitative estimate of drug-likeness (QED) is 0.104. The summed E-state index contributed by atoms with van der Waals surface area (Å²) in [7, 11) is 18.4. The van der Waals surface area contributed by atoms with Crippen LogP contribution in [0.1, 0.15) is 236 Å². The van der Waals surface area contributed by atoms with E-state index in [1.807, 2.05) is 0 Å². The SMILES string of the molecule is CCCCC1=Cc2c(ccc(C(C)(C)C)c2-c2cc(C(C)C)cc(C(C)C)c2)[CH]1[Zr]([Cl])([Cl])([CH]1C(CCCC)=Cc2c1ccc(C(C)(C)C)c2-c1cc(C(C)C)cc(C(C)C)c1)[SiH](C)C. The first kappa shape index (κ1) is 51.4. The third-order valence-electron chi connectivity index (χ3n) is 15.2. The molecular formula is C60H85Cl2SiZr. The van der Waals surface area contributed by atoms with Crippen molar-refractivity contribution in [3.05, 3.63) is 127 Å². The third-order valence-corrected chi connectivity index (χ3v) is 67.1. The van der Waals surface area contributed by atoms with E-state index in [2.05, 4.69) is 197 Å². The molecule has 0 amide bonds. The predicted octanol–water partition coefficient (Wildman–Crippen LogP) is 20.0. The summed E-state index contributed by atoms with van der Waals surface area (Å²) in [5, 5.41) is 0. The van der Waals surface area contributed by atoms with Crippen LogP contribution in [0.4, 0.5) is 0 Å². The van der Waals surface area contributed by atoms with Gasteiger partial charge in [0.1, 0.15) is 0 Å². The number of unbranched alkanes of at least 4 members (excludes halogenated alkanes) is 2. The van der Waals surface area contributed by atoms with Crippen molar-refractivity contribution in [3.8, 4) is 22.3 Å². The number of halogens is 2. The molecule has 2 aliphatic carbocycles. The van der Waals surface area contributed by atoms with Gasteiger partial charge in [-0.2, -0.15) is 0 Å². The number of hydrogen-bond donors (Lipinski definition) is 0. The van der Waals surface area contributed by atoms with E-state index in [0.717, 1.165) is 38.5 Å². The van der Waals surface area contributed by atoms with Crippen molar-refractivity contribution in [1.29, 1.82) is 0 Å². The topological polar surface area (TPSA) is 0 Å². The van der Waals surface area contributed by atoms with E-state index in [1.54, 1.807) is 0 Å². The molecule has 0 saturated carbocycles. The molecule has 0 radical (unpaired) electrons. The molecule has 2 aliphatic rings. The van der Waals surface area contributed by atoms with Gasteiger partial charge in [-0.25, -0.2) is 0 Å². The van der Waals surface area contributed by atoms with Gasteiger partial charge in [0.15, 0.2) is 0 Å². The van der Waals surface area contributed by atoms with Crippen LogP contribution in [-0.2, 0) is 26.4 Å². The van der Waals surface area contributed by atoms with Crippen LogP contribution < -0.4 is 0 Å². The number of fused-ring (bicyclic) bond motifs is 2. The van der Waals surface area contributed by atoms with Crippen LogP contribution in [0.3, 0.4) is 0 Å². The van der Waals surface area contributed by atoms with Crippen molar-refractivity contribution in [2.75, 3.05) is 0 Å². The minimum absolute atomic E-state index is 0.0532. The molecule has 0 nitrogen and oxygen atoms in total. The van der Waals surface area contributed by atoms with Crippen LogP contribution in [0.15, 0.2) is 71.8 Å². The number of hydrogen-bond acceptors (Lipinski definition) is 0. The van der Waals surface area contributed by atoms with Gasteiger partial charge in [0.05, 0.1) is 0 Å². The van der Waals surface area contributed by atoms with Crippen molar-refractivity contribution in [1.82, 2.24) is 0 Å². The van der Waals surface area contributed by atoms with Crippen LogP contribution in [-0.4, -0.2) is 5.92 Å². The van der Waals surface area contributed by atoms with E-state index >= 15 is 0 Å². The summed E-state index contributed by atoms with van der Waals surface area (Å²) in [6.45, 7) is 42.8. The Morgan fingerprint density at radius 2 is 0.828 bits per heavy atom. The molecule has 2 atom stereocenters. The number of allylic oxidation sites excluding steroid dienone is 2. The molecule has 4 aromatic carbocycles. The molecule has 0 spiro atoms. The van der Waals surface area contributed by atoms with Gasteiger partial charge < -0.3 is 0 Å². The summed E-state index contributed by atoms with van der Waals surface area (Å²) in [6.07, 6.45) is 11.9. The second-order valence-corrected chi connectivity index (χ2v) is 66.3. The van der Waals surface area contributed by atoms with Crippen LogP contribution >= 0.6 is 17.0 Å². The molecular weight excluding hydrogens is 911 g/mol. The second kappa shape index (κ2) is 19.2. The number of rotatable bonds is 15. The minimum atomic E-state index is -5.13. The van der Waals surface area contributed by atoms with Crippen molar-refractivity contribution in [2.24, 2.45) is 0 Å². The fourth-order valence-corrected chi connectivity index (χ4v) is 42.7. The number of benzene rings is 4. The molecule has 4 heteroatoms. The first-order chi connectivity index (χ1) is 29.7. The van der Waals surface area contributed by atoms with Crippen molar-refractivity contribution >= 4 is 35.1 Å². The Kier molecular flexibility index (Phi) is 15.4. The Bertz CT molecular complexity index is 2210. The third kappa shape index (κ3) is 9.55. The fraction of sp³-hybridized carbons (Fsp3) is 0.533. The molecule has 0 aromatic heterocycles. The van der Waals surface area contributed by atoms with E-state index in [4.69, 9.17) is 0 Å². The van der Waals surface area contributed by atoms with Gasteiger partial charge in [-0.15, -0.1) is 0 Å². The average molecular weight is 997 g/mol. The Labute approximate surface area is 401 Å². The molecule has 0 bridgehead atoms. The van der Waals surface area contributed by atoms with Gasteiger partial charge in [-0.05, 0) is 0 Å². The maximum absolute atomic E-state index is 9.22. The van der Waals surface area contributed by atoms with E-state index in [0.29, 0.717) is 23.7 Å². The van der Waals surface area contributed by atoms with Crippen molar-refractivity contribution in [3.63, 3.8) is 0 Å². The summed E-state index contributed by atoms with van der Waals surface area (Å²) in [5.74, 6) is -0.0428. The molecule has 0 N–H and O–H groups in total. The summed E-state index contributed by atoms with van der Waals surface area (Å²) in [6, 6.07) is 24.9. The summed E-state index contributed by atoms with van der Waals surface area (Å²) < 4.78 is 0.124. The zero-order chi connectivity index (χ0) is 47.5. The Morgan fingerprint density at radius 1 is 0.516 bits per heavy atom. The molecule has 2 unspecified atom stereocenters. The average Bonchev–Trinajstić information content (AvgIpc) is 3.80. The Morgan fingerprint density at radius 3 is 1.08 bits per heavy atom. The van der Waals surface area contributed by atoms with Gasteiger partial charge in [-0.1, -0.05) is 0 Å². The standard InChI is InChI=1S/2C29H39.C2H7Si.2ClH.Zr/c2*1-9-10-11-21-14-22-12-13-27(29(6,7)8)28(26(22)15-21)25-17-23(19(2)3)16-24(18-25)20(4)5;1-3-2;;;/h2*12-20H,9-11H2,1-8H3;3H,1-2H3;2*1H;/q;;;;;+2/p-2. The van der Waals surface area contributed by atoms with E-state index < -0.39 is 21.5 Å². The Balaban J connectivity index is 1.73. The summed E-state index contributed by atoms with van der Waals surface area (Å²) >= 11 is -5.13. The molecule has 6 rings (SSSR count). The summed E-state index contributed by atoms with van der Waals surface area (Å²) in [4.78, 5) is 0. The van der Waals surface area contributed by atoms with Crippen LogP contribution in [0.2, 0.25) is 13.1 Å². The molecule has 64 heavy (non-hydrogen) atoms. The zero-order valence-electron chi connectivity index (χ0n) is 43.5. The van der Waals surface area contributed by atoms with Gasteiger partial charge in [-0.3, -0.25) is 0 Å². The first-order valence-electron chi connectivity index (χ1n) is 25.4. The van der Waals surface area contributed by atoms with Crippen molar-refractivity contribution in [2.45, 2.75) is 204 Å². The first-order valence-corrected chi connectivity index (χ1v) is 41.7. The monoisotopic (exact) mass is 993 g/mol. The molecule has 347 valence electrons. The van der Waals surface area contributed by atoms with Crippen molar-refractivity contribution < 1.29 is 15.6 Å². The maximum atomic E-state index is 9.22.